The van der Waals surface area contributed by atoms with Gasteiger partial charge in [0.15, 0.2) is 6.10 Å². The zero-order valence-corrected chi connectivity index (χ0v) is 13.0. The Bertz CT molecular complexity index is 709. The summed E-state index contributed by atoms with van der Waals surface area (Å²) in [6.07, 6.45) is -0.575. The number of hydrogen-bond donors (Lipinski definition) is 0. The van der Waals surface area contributed by atoms with Crippen molar-refractivity contribution in [3.63, 3.8) is 0 Å². The van der Waals surface area contributed by atoms with E-state index < -0.39 is 12.1 Å². The largest absolute Gasteiger partial charge is 0.443 e. The lowest BCUT2D eigenvalue weighted by Gasteiger charge is -2.19. The van der Waals surface area contributed by atoms with Crippen LogP contribution in [0.15, 0.2) is 72.8 Å². The standard InChI is InChI=1S/C20H18O3/c1-16(15-22-2)20(18-11-7-4-8-12-18)23-19(21)14-13-17-9-5-3-6-10-17/h3-12,20H,1,15H2,2H3. The number of benzene rings is 2. The highest BCUT2D eigenvalue weighted by atomic mass is 16.5. The average molecular weight is 306 g/mol. The summed E-state index contributed by atoms with van der Waals surface area (Å²) in [6.45, 7) is 4.25. The van der Waals surface area contributed by atoms with Crippen molar-refractivity contribution < 1.29 is 14.3 Å². The SMILES string of the molecule is C=C(COC)C(OC(=O)C#Cc1ccccc1)c1ccccc1. The zero-order valence-electron chi connectivity index (χ0n) is 13.0. The van der Waals surface area contributed by atoms with E-state index in [1.807, 2.05) is 60.7 Å². The van der Waals surface area contributed by atoms with E-state index >= 15 is 0 Å². The van der Waals surface area contributed by atoms with Crippen molar-refractivity contribution in [1.29, 1.82) is 0 Å². The third-order valence-corrected chi connectivity index (χ3v) is 3.11. The Hall–Kier alpha value is -2.83. The molecule has 23 heavy (non-hydrogen) atoms. The molecule has 0 N–H and O–H groups in total. The van der Waals surface area contributed by atoms with E-state index in [1.165, 1.54) is 0 Å². The fourth-order valence-corrected chi connectivity index (χ4v) is 2.06. The molecule has 0 fully saturated rings. The lowest BCUT2D eigenvalue weighted by molar-refractivity contribution is -0.140. The smallest absolute Gasteiger partial charge is 0.385 e. The summed E-state index contributed by atoms with van der Waals surface area (Å²) in [5.41, 5.74) is 2.26. The van der Waals surface area contributed by atoms with E-state index in [0.717, 1.165) is 11.1 Å². The molecule has 0 aliphatic heterocycles. The van der Waals surface area contributed by atoms with Crippen LogP contribution in [0.3, 0.4) is 0 Å². The minimum absolute atomic E-state index is 0.305. The Morgan fingerprint density at radius 1 is 1.09 bits per heavy atom. The van der Waals surface area contributed by atoms with Gasteiger partial charge in [-0.25, -0.2) is 4.79 Å². The van der Waals surface area contributed by atoms with E-state index in [4.69, 9.17) is 9.47 Å². The molecule has 0 bridgehead atoms. The van der Waals surface area contributed by atoms with Crippen molar-refractivity contribution in [2.75, 3.05) is 13.7 Å². The van der Waals surface area contributed by atoms with Gasteiger partial charge in [-0.2, -0.15) is 0 Å². The Morgan fingerprint density at radius 2 is 1.70 bits per heavy atom. The van der Waals surface area contributed by atoms with Gasteiger partial charge in [0.25, 0.3) is 0 Å². The van der Waals surface area contributed by atoms with Gasteiger partial charge in [-0.15, -0.1) is 0 Å². The lowest BCUT2D eigenvalue weighted by Crippen LogP contribution is -2.14. The van der Waals surface area contributed by atoms with Gasteiger partial charge >= 0.3 is 5.97 Å². The molecule has 116 valence electrons. The molecule has 0 heterocycles. The molecule has 0 saturated heterocycles. The summed E-state index contributed by atoms with van der Waals surface area (Å²) < 4.78 is 10.6. The first-order valence-electron chi connectivity index (χ1n) is 7.20. The molecule has 0 aromatic heterocycles. The van der Waals surface area contributed by atoms with Crippen LogP contribution in [-0.2, 0) is 14.3 Å². The molecule has 0 spiro atoms. The molecule has 3 nitrogen and oxygen atoms in total. The Labute approximate surface area is 136 Å². The second-order valence-corrected chi connectivity index (χ2v) is 4.90. The normalized spacial score (nSPS) is 11.0. The van der Waals surface area contributed by atoms with Gasteiger partial charge in [0.1, 0.15) is 0 Å². The number of ether oxygens (including phenoxy) is 2. The molecular formula is C20H18O3. The summed E-state index contributed by atoms with van der Waals surface area (Å²) in [4.78, 5) is 12.0. The maximum absolute atomic E-state index is 12.0. The second-order valence-electron chi connectivity index (χ2n) is 4.90. The predicted octanol–water partition coefficient (Wildman–Crippen LogP) is 3.53. The van der Waals surface area contributed by atoms with Crippen LogP contribution in [0.4, 0.5) is 0 Å². The molecule has 0 aliphatic rings. The third-order valence-electron chi connectivity index (χ3n) is 3.11. The highest BCUT2D eigenvalue weighted by Gasteiger charge is 2.19. The topological polar surface area (TPSA) is 35.5 Å². The maximum Gasteiger partial charge on any atom is 0.385 e. The molecule has 3 heteroatoms. The number of rotatable bonds is 5. The van der Waals surface area contributed by atoms with E-state index in [2.05, 4.69) is 18.4 Å². The van der Waals surface area contributed by atoms with Gasteiger partial charge in [0, 0.05) is 18.6 Å². The molecule has 2 rings (SSSR count). The van der Waals surface area contributed by atoms with Gasteiger partial charge in [-0.1, -0.05) is 61.0 Å². The third kappa shape index (κ3) is 5.14. The molecule has 0 radical (unpaired) electrons. The van der Waals surface area contributed by atoms with Crippen LogP contribution in [0, 0.1) is 11.8 Å². The second kappa shape index (κ2) is 8.57. The molecule has 2 aromatic carbocycles. The van der Waals surface area contributed by atoms with Crippen LogP contribution in [-0.4, -0.2) is 19.7 Å². The van der Waals surface area contributed by atoms with Gasteiger partial charge in [0.2, 0.25) is 0 Å². The number of carbonyl (C=O) groups is 1. The van der Waals surface area contributed by atoms with Crippen molar-refractivity contribution in [2.45, 2.75) is 6.10 Å². The van der Waals surface area contributed by atoms with Crippen molar-refractivity contribution in [2.24, 2.45) is 0 Å². The summed E-state index contributed by atoms with van der Waals surface area (Å²) >= 11 is 0. The Kier molecular flexibility index (Phi) is 6.17. The number of methoxy groups -OCH3 is 1. The fourth-order valence-electron chi connectivity index (χ4n) is 2.06. The molecule has 2 aromatic rings. The van der Waals surface area contributed by atoms with Crippen LogP contribution in [0.25, 0.3) is 0 Å². The molecule has 1 unspecified atom stereocenters. The van der Waals surface area contributed by atoms with Gasteiger partial charge in [-0.05, 0) is 23.3 Å². The first-order valence-corrected chi connectivity index (χ1v) is 7.20. The molecule has 0 amide bonds. The van der Waals surface area contributed by atoms with Crippen LogP contribution in [0.5, 0.6) is 0 Å². The quantitative estimate of drug-likeness (QED) is 0.481. The van der Waals surface area contributed by atoms with Gasteiger partial charge in [0.05, 0.1) is 6.61 Å². The van der Waals surface area contributed by atoms with Gasteiger partial charge in [-0.3, -0.25) is 0 Å². The first kappa shape index (κ1) is 16.5. The predicted molar refractivity (Wildman–Crippen MR) is 89.6 cm³/mol. The van der Waals surface area contributed by atoms with Crippen molar-refractivity contribution in [1.82, 2.24) is 0 Å². The highest BCUT2D eigenvalue weighted by molar-refractivity contribution is 5.89. The summed E-state index contributed by atoms with van der Waals surface area (Å²) in [5.74, 6) is 4.69. The van der Waals surface area contributed by atoms with Crippen molar-refractivity contribution in [3.05, 3.63) is 83.9 Å². The van der Waals surface area contributed by atoms with Crippen LogP contribution in [0.2, 0.25) is 0 Å². The van der Waals surface area contributed by atoms with Crippen molar-refractivity contribution in [3.8, 4) is 11.8 Å². The molecule has 1 atom stereocenters. The van der Waals surface area contributed by atoms with Crippen LogP contribution in [0.1, 0.15) is 17.2 Å². The fraction of sp³-hybridized carbons (Fsp3) is 0.150. The molecule has 0 saturated carbocycles. The first-order chi connectivity index (χ1) is 11.2. The highest BCUT2D eigenvalue weighted by Crippen LogP contribution is 2.24. The maximum atomic E-state index is 12.0. The zero-order chi connectivity index (χ0) is 16.5. The number of esters is 1. The monoisotopic (exact) mass is 306 g/mol. The summed E-state index contributed by atoms with van der Waals surface area (Å²) in [7, 11) is 1.57. The Morgan fingerprint density at radius 3 is 2.30 bits per heavy atom. The van der Waals surface area contributed by atoms with E-state index in [-0.39, 0.29) is 0 Å². The van der Waals surface area contributed by atoms with E-state index in [9.17, 15) is 4.79 Å². The van der Waals surface area contributed by atoms with Crippen LogP contribution >= 0.6 is 0 Å². The number of carbonyl (C=O) groups excluding carboxylic acids is 1. The lowest BCUT2D eigenvalue weighted by atomic mass is 10.0. The minimum Gasteiger partial charge on any atom is -0.443 e. The summed E-state index contributed by atoms with van der Waals surface area (Å²) in [6, 6.07) is 18.7. The van der Waals surface area contributed by atoms with E-state index in [1.54, 1.807) is 7.11 Å². The molecule has 0 aliphatic carbocycles. The van der Waals surface area contributed by atoms with Crippen LogP contribution < -0.4 is 0 Å². The Balaban J connectivity index is 2.13. The molecular weight excluding hydrogens is 288 g/mol. The van der Waals surface area contributed by atoms with E-state index in [0.29, 0.717) is 12.2 Å². The van der Waals surface area contributed by atoms with Gasteiger partial charge < -0.3 is 9.47 Å². The minimum atomic E-state index is -0.597. The average Bonchev–Trinajstić information content (AvgIpc) is 2.59. The number of hydrogen-bond acceptors (Lipinski definition) is 3. The summed E-state index contributed by atoms with van der Waals surface area (Å²) in [5, 5.41) is 0. The van der Waals surface area contributed by atoms with Crippen molar-refractivity contribution >= 4 is 5.97 Å².